The molecule has 6 heteroatoms. The number of rotatable bonds is 7. The van der Waals surface area contributed by atoms with Crippen molar-refractivity contribution in [2.75, 3.05) is 20.4 Å². The van der Waals surface area contributed by atoms with Gasteiger partial charge in [0.15, 0.2) is 0 Å². The van der Waals surface area contributed by atoms with Crippen molar-refractivity contribution < 1.29 is 23.9 Å². The molecule has 15 heavy (non-hydrogen) atoms. The lowest BCUT2D eigenvalue weighted by molar-refractivity contribution is -0.157. The van der Waals surface area contributed by atoms with Crippen LogP contribution in [0.2, 0.25) is 0 Å². The molecule has 0 bridgehead atoms. The summed E-state index contributed by atoms with van der Waals surface area (Å²) in [7, 11) is 1.45. The number of carbonyl (C=O) groups is 2. The Labute approximate surface area is 88.1 Å². The van der Waals surface area contributed by atoms with E-state index >= 15 is 0 Å². The van der Waals surface area contributed by atoms with E-state index in [0.29, 0.717) is 5.57 Å². The molecule has 0 aromatic heterocycles. The van der Waals surface area contributed by atoms with Crippen molar-refractivity contribution in [3.63, 3.8) is 0 Å². The molecule has 0 heterocycles. The van der Waals surface area contributed by atoms with Gasteiger partial charge in [-0.3, -0.25) is 4.79 Å². The standard InChI is InChI=1S/C9H15NO5/c1-7(2)9(12)14-5-4-8(11)15-10-6-13-3/h10H,1,4-6H2,2-3H3. The molecule has 0 aliphatic carbocycles. The van der Waals surface area contributed by atoms with Crippen molar-refractivity contribution >= 4 is 11.9 Å². The molecule has 0 fully saturated rings. The average molecular weight is 217 g/mol. The van der Waals surface area contributed by atoms with E-state index in [9.17, 15) is 9.59 Å². The van der Waals surface area contributed by atoms with Crippen LogP contribution in [-0.2, 0) is 23.9 Å². The maximum absolute atomic E-state index is 10.9. The highest BCUT2D eigenvalue weighted by atomic mass is 16.7. The van der Waals surface area contributed by atoms with Crippen LogP contribution in [0.3, 0.4) is 0 Å². The van der Waals surface area contributed by atoms with Gasteiger partial charge < -0.3 is 14.3 Å². The molecule has 0 unspecified atom stereocenters. The Hall–Kier alpha value is -1.40. The van der Waals surface area contributed by atoms with Gasteiger partial charge in [0.05, 0.1) is 6.42 Å². The monoisotopic (exact) mass is 217 g/mol. The Morgan fingerprint density at radius 2 is 2.07 bits per heavy atom. The van der Waals surface area contributed by atoms with Gasteiger partial charge in [0.25, 0.3) is 0 Å². The van der Waals surface area contributed by atoms with E-state index in [1.807, 2.05) is 0 Å². The lowest BCUT2D eigenvalue weighted by Crippen LogP contribution is -2.23. The summed E-state index contributed by atoms with van der Waals surface area (Å²) in [6.07, 6.45) is -0.0181. The predicted octanol–water partition coefficient (Wildman–Crippen LogP) is 0.148. The fourth-order valence-electron chi connectivity index (χ4n) is 0.570. The minimum atomic E-state index is -0.526. The first-order valence-corrected chi connectivity index (χ1v) is 4.32. The van der Waals surface area contributed by atoms with Crippen LogP contribution in [-0.4, -0.2) is 32.4 Å². The van der Waals surface area contributed by atoms with Crippen LogP contribution in [0.1, 0.15) is 13.3 Å². The summed E-state index contributed by atoms with van der Waals surface area (Å²) in [6.45, 7) is 5.00. The van der Waals surface area contributed by atoms with Gasteiger partial charge in [0, 0.05) is 12.7 Å². The quantitative estimate of drug-likeness (QED) is 0.215. The zero-order valence-electron chi connectivity index (χ0n) is 8.87. The van der Waals surface area contributed by atoms with Gasteiger partial charge in [-0.2, -0.15) is 0 Å². The van der Waals surface area contributed by atoms with Crippen molar-refractivity contribution in [2.45, 2.75) is 13.3 Å². The van der Waals surface area contributed by atoms with Crippen LogP contribution in [0.5, 0.6) is 0 Å². The second-order valence-corrected chi connectivity index (χ2v) is 2.72. The minimum absolute atomic E-state index is 0.0181. The van der Waals surface area contributed by atoms with Crippen LogP contribution < -0.4 is 5.48 Å². The van der Waals surface area contributed by atoms with E-state index in [0.717, 1.165) is 0 Å². The molecule has 0 saturated carbocycles. The summed E-state index contributed by atoms with van der Waals surface area (Å²) in [5.41, 5.74) is 2.56. The number of hydroxylamine groups is 1. The van der Waals surface area contributed by atoms with Gasteiger partial charge in [-0.15, -0.1) is 5.48 Å². The van der Waals surface area contributed by atoms with Crippen molar-refractivity contribution in [2.24, 2.45) is 0 Å². The van der Waals surface area contributed by atoms with E-state index < -0.39 is 11.9 Å². The van der Waals surface area contributed by atoms with Crippen LogP contribution >= 0.6 is 0 Å². The summed E-state index contributed by atoms with van der Waals surface area (Å²) >= 11 is 0. The minimum Gasteiger partial charge on any atom is -0.462 e. The first-order chi connectivity index (χ1) is 7.07. The third-order valence-electron chi connectivity index (χ3n) is 1.28. The molecule has 0 atom stereocenters. The second-order valence-electron chi connectivity index (χ2n) is 2.72. The number of carbonyl (C=O) groups excluding carboxylic acids is 2. The number of esters is 1. The molecule has 0 aromatic rings. The van der Waals surface area contributed by atoms with E-state index in [-0.39, 0.29) is 19.8 Å². The first-order valence-electron chi connectivity index (χ1n) is 4.32. The normalized spacial score (nSPS) is 9.47. The van der Waals surface area contributed by atoms with Gasteiger partial charge >= 0.3 is 11.9 Å². The SMILES string of the molecule is C=C(C)C(=O)OCCC(=O)ONCOC. The maximum atomic E-state index is 10.9. The number of ether oxygens (including phenoxy) is 2. The topological polar surface area (TPSA) is 73.9 Å². The van der Waals surface area contributed by atoms with Gasteiger partial charge in [-0.25, -0.2) is 4.79 Å². The summed E-state index contributed by atoms with van der Waals surface area (Å²) in [5.74, 6) is -1.05. The molecule has 0 saturated heterocycles. The molecule has 0 amide bonds. The Morgan fingerprint density at radius 3 is 2.60 bits per heavy atom. The van der Waals surface area contributed by atoms with Gasteiger partial charge in [0.1, 0.15) is 13.3 Å². The Morgan fingerprint density at radius 1 is 1.40 bits per heavy atom. The molecule has 6 nitrogen and oxygen atoms in total. The molecular formula is C9H15NO5. The molecule has 0 rings (SSSR count). The van der Waals surface area contributed by atoms with Gasteiger partial charge in [-0.05, 0) is 6.92 Å². The van der Waals surface area contributed by atoms with Crippen LogP contribution in [0.15, 0.2) is 12.2 Å². The lowest BCUT2D eigenvalue weighted by Gasteiger charge is -2.05. The maximum Gasteiger partial charge on any atom is 0.333 e. The molecule has 0 radical (unpaired) electrons. The second kappa shape index (κ2) is 7.95. The highest BCUT2D eigenvalue weighted by Gasteiger charge is 2.06. The largest absolute Gasteiger partial charge is 0.462 e. The fraction of sp³-hybridized carbons (Fsp3) is 0.556. The number of methoxy groups -OCH3 is 1. The highest BCUT2D eigenvalue weighted by Crippen LogP contribution is 1.94. The van der Waals surface area contributed by atoms with Crippen molar-refractivity contribution in [3.8, 4) is 0 Å². The van der Waals surface area contributed by atoms with Gasteiger partial charge in [0.2, 0.25) is 0 Å². The predicted molar refractivity (Wildman–Crippen MR) is 51.5 cm³/mol. The van der Waals surface area contributed by atoms with Crippen LogP contribution in [0, 0.1) is 0 Å². The molecule has 0 aromatic carbocycles. The van der Waals surface area contributed by atoms with Crippen molar-refractivity contribution in [1.82, 2.24) is 5.48 Å². The fourth-order valence-corrected chi connectivity index (χ4v) is 0.570. The van der Waals surface area contributed by atoms with Gasteiger partial charge in [-0.1, -0.05) is 6.58 Å². The summed E-state index contributed by atoms with van der Waals surface area (Å²) in [5, 5.41) is 0. The molecule has 0 spiro atoms. The van der Waals surface area contributed by atoms with E-state index in [1.54, 1.807) is 0 Å². The Bertz CT molecular complexity index is 239. The summed E-state index contributed by atoms with van der Waals surface area (Å²) in [6, 6.07) is 0. The van der Waals surface area contributed by atoms with Crippen LogP contribution in [0.25, 0.3) is 0 Å². The Balaban J connectivity index is 3.47. The number of hydrogen-bond donors (Lipinski definition) is 1. The Kier molecular flexibility index (Phi) is 7.21. The third kappa shape index (κ3) is 7.65. The zero-order chi connectivity index (χ0) is 11.7. The summed E-state index contributed by atoms with van der Waals surface area (Å²) < 4.78 is 9.26. The summed E-state index contributed by atoms with van der Waals surface area (Å²) in [4.78, 5) is 26.3. The van der Waals surface area contributed by atoms with E-state index in [1.165, 1.54) is 14.0 Å². The molecular weight excluding hydrogens is 202 g/mol. The highest BCUT2D eigenvalue weighted by molar-refractivity contribution is 5.87. The molecule has 1 N–H and O–H groups in total. The average Bonchev–Trinajstić information content (AvgIpc) is 2.18. The van der Waals surface area contributed by atoms with Crippen molar-refractivity contribution in [3.05, 3.63) is 12.2 Å². The zero-order valence-corrected chi connectivity index (χ0v) is 8.87. The van der Waals surface area contributed by atoms with E-state index in [4.69, 9.17) is 0 Å². The number of nitrogens with one attached hydrogen (secondary N) is 1. The smallest absolute Gasteiger partial charge is 0.333 e. The van der Waals surface area contributed by atoms with Crippen LogP contribution in [0.4, 0.5) is 0 Å². The third-order valence-corrected chi connectivity index (χ3v) is 1.28. The first kappa shape index (κ1) is 13.6. The molecule has 0 aliphatic rings. The number of hydrogen-bond acceptors (Lipinski definition) is 6. The lowest BCUT2D eigenvalue weighted by atomic mass is 10.4. The molecule has 86 valence electrons. The molecule has 0 aliphatic heterocycles. The van der Waals surface area contributed by atoms with Crippen molar-refractivity contribution in [1.29, 1.82) is 0 Å². The van der Waals surface area contributed by atoms with E-state index in [2.05, 4.69) is 26.4 Å².